The van der Waals surface area contributed by atoms with Gasteiger partial charge >= 0.3 is 5.97 Å². The van der Waals surface area contributed by atoms with Crippen LogP contribution in [0.3, 0.4) is 0 Å². The van der Waals surface area contributed by atoms with Gasteiger partial charge in [0.05, 0.1) is 11.3 Å². The molecule has 8 nitrogen and oxygen atoms in total. The van der Waals surface area contributed by atoms with E-state index in [-0.39, 0.29) is 28.9 Å². The lowest BCUT2D eigenvalue weighted by Crippen LogP contribution is -2.38. The van der Waals surface area contributed by atoms with E-state index in [2.05, 4.69) is 0 Å². The summed E-state index contributed by atoms with van der Waals surface area (Å²) in [6.07, 6.45) is 1.00. The molecule has 9 heteroatoms. The first kappa shape index (κ1) is 23.9. The Morgan fingerprint density at radius 2 is 1.70 bits per heavy atom. The average Bonchev–Trinajstić information content (AvgIpc) is 2.66. The van der Waals surface area contributed by atoms with Crippen LogP contribution < -0.4 is 9.62 Å². The molecule has 1 fully saturated rings. The minimum atomic E-state index is -4.10. The molecule has 1 amide bonds. The summed E-state index contributed by atoms with van der Waals surface area (Å²) in [6.45, 7) is 8.11. The van der Waals surface area contributed by atoms with Crippen molar-refractivity contribution in [2.45, 2.75) is 51.9 Å². The molecule has 0 saturated carbocycles. The first-order chi connectivity index (χ1) is 13.9. The molecule has 1 aliphatic heterocycles. The average molecular weight is 439 g/mol. The van der Waals surface area contributed by atoms with E-state index in [0.29, 0.717) is 37.2 Å². The lowest BCUT2D eigenvalue weighted by atomic mass is 9.87. The molecule has 1 aromatic rings. The number of nitrogens with one attached hydrogen (secondary N) is 1. The fourth-order valence-corrected chi connectivity index (χ4v) is 4.69. The third kappa shape index (κ3) is 5.81. The van der Waals surface area contributed by atoms with E-state index in [4.69, 9.17) is 0 Å². The van der Waals surface area contributed by atoms with Gasteiger partial charge in [0.25, 0.3) is 10.0 Å². The molecule has 2 N–H and O–H groups in total. The minimum Gasteiger partial charge on any atom is -0.481 e. The summed E-state index contributed by atoms with van der Waals surface area (Å²) in [5.74, 6) is -2.00. The van der Waals surface area contributed by atoms with Gasteiger partial charge in [0.15, 0.2) is 0 Å². The third-order valence-corrected chi connectivity index (χ3v) is 6.61. The molecule has 0 atom stereocenters. The highest BCUT2D eigenvalue weighted by molar-refractivity contribution is 7.90. The van der Waals surface area contributed by atoms with Crippen LogP contribution in [0.4, 0.5) is 5.69 Å². The first-order valence-corrected chi connectivity index (χ1v) is 11.6. The van der Waals surface area contributed by atoms with Gasteiger partial charge in [-0.15, -0.1) is 0 Å². The molecule has 0 bridgehead atoms. The molecular weight excluding hydrogens is 408 g/mol. The van der Waals surface area contributed by atoms with Crippen LogP contribution >= 0.6 is 0 Å². The molecule has 0 aliphatic carbocycles. The number of hydrogen-bond donors (Lipinski definition) is 2. The van der Waals surface area contributed by atoms with Gasteiger partial charge in [-0.25, -0.2) is 13.1 Å². The van der Waals surface area contributed by atoms with Crippen molar-refractivity contribution in [3.05, 3.63) is 23.8 Å². The van der Waals surface area contributed by atoms with Crippen LogP contribution in [0.5, 0.6) is 0 Å². The molecular formula is C21H30N2O6S. The fourth-order valence-electron chi connectivity index (χ4n) is 3.53. The summed E-state index contributed by atoms with van der Waals surface area (Å²) >= 11 is 0. The monoisotopic (exact) mass is 438 g/mol. The lowest BCUT2D eigenvalue weighted by Gasteiger charge is -2.34. The van der Waals surface area contributed by atoms with E-state index in [1.165, 1.54) is 12.1 Å². The number of hydrogen-bond acceptors (Lipinski definition) is 6. The van der Waals surface area contributed by atoms with Crippen molar-refractivity contribution in [2.75, 3.05) is 18.0 Å². The molecule has 0 radical (unpaired) electrons. The Bertz CT molecular complexity index is 915. The standard InChI is InChI=1S/C21H30N2O6S/c1-13(2)20(26)15-7-9-23(10-8-15)18-6-5-17(11-16(18)12-19(24)25)30(28,29)22-21(27)14(3)4/h5-6,11,13-15H,7-10,12H2,1-4H3,(H,22,27)(H,24,25). The number of Topliss-reactive ketones (excluding diaryl/α,β-unsaturated/α-hetero) is 1. The largest absolute Gasteiger partial charge is 0.481 e. The summed E-state index contributed by atoms with van der Waals surface area (Å²) < 4.78 is 27.1. The van der Waals surface area contributed by atoms with Gasteiger partial charge in [-0.05, 0) is 36.6 Å². The number of ketones is 1. The number of nitrogens with zero attached hydrogens (tertiary/aromatic N) is 1. The smallest absolute Gasteiger partial charge is 0.307 e. The highest BCUT2D eigenvalue weighted by atomic mass is 32.2. The van der Waals surface area contributed by atoms with E-state index in [1.807, 2.05) is 23.5 Å². The molecule has 0 aromatic heterocycles. The second-order valence-corrected chi connectivity index (χ2v) is 9.99. The summed E-state index contributed by atoms with van der Waals surface area (Å²) in [4.78, 5) is 37.3. The van der Waals surface area contributed by atoms with Gasteiger partial charge in [0.1, 0.15) is 5.78 Å². The van der Waals surface area contributed by atoms with Crippen molar-refractivity contribution in [1.29, 1.82) is 0 Å². The number of aliphatic carboxylic acids is 1. The Kier molecular flexibility index (Phi) is 7.63. The molecule has 1 aromatic carbocycles. The Labute approximate surface area is 177 Å². The first-order valence-electron chi connectivity index (χ1n) is 10.1. The van der Waals surface area contributed by atoms with Crippen LogP contribution in [0.2, 0.25) is 0 Å². The summed E-state index contributed by atoms with van der Waals surface area (Å²) in [6, 6.07) is 4.27. The number of rotatable bonds is 8. The van der Waals surface area contributed by atoms with Crippen molar-refractivity contribution in [3.8, 4) is 0 Å². The van der Waals surface area contributed by atoms with Gasteiger partial charge in [0.2, 0.25) is 5.91 Å². The van der Waals surface area contributed by atoms with Crippen LogP contribution in [-0.4, -0.2) is 44.3 Å². The number of piperidine rings is 1. The number of anilines is 1. The Morgan fingerprint density at radius 3 is 2.20 bits per heavy atom. The highest BCUT2D eigenvalue weighted by Crippen LogP contribution is 2.30. The molecule has 1 saturated heterocycles. The summed E-state index contributed by atoms with van der Waals surface area (Å²) in [7, 11) is -4.10. The van der Waals surface area contributed by atoms with Gasteiger partial charge in [-0.2, -0.15) is 0 Å². The lowest BCUT2D eigenvalue weighted by molar-refractivity contribution is -0.136. The van der Waals surface area contributed by atoms with E-state index < -0.39 is 27.8 Å². The van der Waals surface area contributed by atoms with Crippen molar-refractivity contribution in [2.24, 2.45) is 17.8 Å². The van der Waals surface area contributed by atoms with Gasteiger partial charge < -0.3 is 10.0 Å². The quantitative estimate of drug-likeness (QED) is 0.638. The van der Waals surface area contributed by atoms with Crippen LogP contribution in [0.25, 0.3) is 0 Å². The summed E-state index contributed by atoms with van der Waals surface area (Å²) in [5, 5.41) is 9.30. The molecule has 0 spiro atoms. The highest BCUT2D eigenvalue weighted by Gasteiger charge is 2.28. The minimum absolute atomic E-state index is 0.00456. The zero-order chi connectivity index (χ0) is 22.6. The Balaban J connectivity index is 2.28. The zero-order valence-electron chi connectivity index (χ0n) is 17.8. The van der Waals surface area contributed by atoms with Crippen molar-refractivity contribution in [3.63, 3.8) is 0 Å². The zero-order valence-corrected chi connectivity index (χ0v) is 18.7. The molecule has 2 rings (SSSR count). The number of amides is 1. The maximum absolute atomic E-state index is 12.5. The van der Waals surface area contributed by atoms with Gasteiger partial charge in [0, 0.05) is 36.5 Å². The molecule has 1 heterocycles. The van der Waals surface area contributed by atoms with Crippen LogP contribution in [0.1, 0.15) is 46.1 Å². The Morgan fingerprint density at radius 1 is 1.10 bits per heavy atom. The predicted octanol–water partition coefficient (Wildman–Crippen LogP) is 2.22. The molecule has 0 unspecified atom stereocenters. The van der Waals surface area contributed by atoms with Gasteiger partial charge in [-0.3, -0.25) is 14.4 Å². The van der Waals surface area contributed by atoms with Crippen molar-refractivity contribution in [1.82, 2.24) is 4.72 Å². The second kappa shape index (κ2) is 9.59. The summed E-state index contributed by atoms with van der Waals surface area (Å²) in [5.41, 5.74) is 0.998. The second-order valence-electron chi connectivity index (χ2n) is 8.30. The normalized spacial score (nSPS) is 15.5. The fraction of sp³-hybridized carbons (Fsp3) is 0.571. The number of carboxylic acids is 1. The van der Waals surface area contributed by atoms with Crippen LogP contribution in [0.15, 0.2) is 23.1 Å². The topological polar surface area (TPSA) is 121 Å². The van der Waals surface area contributed by atoms with E-state index >= 15 is 0 Å². The SMILES string of the molecule is CC(C)C(=O)NS(=O)(=O)c1ccc(N2CCC(C(=O)C(C)C)CC2)c(CC(=O)O)c1. The predicted molar refractivity (Wildman–Crippen MR) is 113 cm³/mol. The van der Waals surface area contributed by atoms with Crippen LogP contribution in [0, 0.1) is 17.8 Å². The molecule has 166 valence electrons. The number of carbonyl (C=O) groups excluding carboxylic acids is 2. The van der Waals surface area contributed by atoms with E-state index in [1.54, 1.807) is 19.9 Å². The van der Waals surface area contributed by atoms with Crippen molar-refractivity contribution >= 4 is 33.4 Å². The molecule has 1 aliphatic rings. The van der Waals surface area contributed by atoms with E-state index in [0.717, 1.165) is 0 Å². The number of benzene rings is 1. The van der Waals surface area contributed by atoms with Gasteiger partial charge in [-0.1, -0.05) is 27.7 Å². The van der Waals surface area contributed by atoms with E-state index in [9.17, 15) is 27.9 Å². The third-order valence-electron chi connectivity index (χ3n) is 5.27. The number of sulfonamides is 1. The maximum Gasteiger partial charge on any atom is 0.307 e. The number of carboxylic acid groups (broad SMARTS) is 1. The number of carbonyl (C=O) groups is 3. The Hall–Kier alpha value is -2.42. The van der Waals surface area contributed by atoms with Crippen molar-refractivity contribution < 1.29 is 27.9 Å². The molecule has 30 heavy (non-hydrogen) atoms. The van der Waals surface area contributed by atoms with Crippen LogP contribution in [-0.2, 0) is 30.8 Å². The maximum atomic E-state index is 12.5.